The second-order valence-corrected chi connectivity index (χ2v) is 2.51. The maximum absolute atomic E-state index is 2.23. The number of unbranched alkanes of at least 4 members (excludes halogenated alkanes) is 2. The predicted molar refractivity (Wildman–Crippen MR) is 38.4 cm³/mol. The normalized spacial score (nSPS) is 10.5. The molecule has 0 bridgehead atoms. The first-order valence-electron chi connectivity index (χ1n) is 3.42. The van der Waals surface area contributed by atoms with Crippen LogP contribution in [-0.4, -0.2) is 20.6 Å². The van der Waals surface area contributed by atoms with Gasteiger partial charge in [-0.05, 0) is 6.42 Å². The Morgan fingerprint density at radius 1 is 1.12 bits per heavy atom. The van der Waals surface area contributed by atoms with Gasteiger partial charge in [-0.15, -0.1) is 0 Å². The number of nitrogens with zero attached hydrogens (tertiary/aromatic N) is 1. The molecule has 0 aliphatic heterocycles. The molecule has 0 aromatic heterocycles. The van der Waals surface area contributed by atoms with E-state index in [1.165, 1.54) is 25.8 Å². The first-order valence-corrected chi connectivity index (χ1v) is 3.42. The van der Waals surface area contributed by atoms with Crippen LogP contribution < -0.4 is 4.90 Å². The summed E-state index contributed by atoms with van der Waals surface area (Å²) in [5, 5.41) is 0. The van der Waals surface area contributed by atoms with Crippen LogP contribution in [0.4, 0.5) is 0 Å². The van der Waals surface area contributed by atoms with E-state index >= 15 is 0 Å². The molecular formula is C7H17N+. The Morgan fingerprint density at radius 2 is 1.75 bits per heavy atom. The SMILES string of the molecule is CCCCC[N+](C)C. The van der Waals surface area contributed by atoms with E-state index in [9.17, 15) is 0 Å². The van der Waals surface area contributed by atoms with Crippen LogP contribution in [0.2, 0.25) is 0 Å². The van der Waals surface area contributed by atoms with Gasteiger partial charge in [-0.2, -0.15) is 4.90 Å². The summed E-state index contributed by atoms with van der Waals surface area (Å²) >= 11 is 0. The average molecular weight is 115 g/mol. The largest absolute Gasteiger partial charge is 0.175 e. The van der Waals surface area contributed by atoms with Gasteiger partial charge in [0.05, 0.1) is 0 Å². The molecular weight excluding hydrogens is 98.1 g/mol. The summed E-state index contributed by atoms with van der Waals surface area (Å²) in [5.74, 6) is 0. The summed E-state index contributed by atoms with van der Waals surface area (Å²) in [6.07, 6.45) is 4.05. The Labute approximate surface area is 52.7 Å². The summed E-state index contributed by atoms with van der Waals surface area (Å²) < 4.78 is 0. The number of hydrogen-bond acceptors (Lipinski definition) is 1. The standard InChI is InChI=1S/C7H17N/c1-4-5-6-7-8(2)3/h4-7H2,1-3H3/q+1. The lowest BCUT2D eigenvalue weighted by Gasteiger charge is -1.97. The molecule has 0 unspecified atom stereocenters. The highest BCUT2D eigenvalue weighted by Crippen LogP contribution is 1.92. The molecule has 0 atom stereocenters. The van der Waals surface area contributed by atoms with E-state index in [1.54, 1.807) is 0 Å². The smallest absolute Gasteiger partial charge is 0.122 e. The van der Waals surface area contributed by atoms with Crippen LogP contribution in [0.1, 0.15) is 26.2 Å². The van der Waals surface area contributed by atoms with Gasteiger partial charge in [-0.1, -0.05) is 13.3 Å². The molecule has 0 amide bonds. The van der Waals surface area contributed by atoms with E-state index < -0.39 is 0 Å². The molecule has 0 aromatic carbocycles. The van der Waals surface area contributed by atoms with Crippen molar-refractivity contribution in [2.75, 3.05) is 20.6 Å². The van der Waals surface area contributed by atoms with Crippen LogP contribution in [0.5, 0.6) is 0 Å². The Kier molecular flexibility index (Phi) is 5.08. The maximum atomic E-state index is 2.23. The van der Waals surface area contributed by atoms with E-state index in [2.05, 4.69) is 25.9 Å². The van der Waals surface area contributed by atoms with Crippen LogP contribution in [0.25, 0.3) is 0 Å². The molecule has 0 aliphatic rings. The Balaban J connectivity index is 2.72. The van der Waals surface area contributed by atoms with Crippen molar-refractivity contribution in [3.05, 3.63) is 0 Å². The molecule has 1 nitrogen and oxygen atoms in total. The van der Waals surface area contributed by atoms with Gasteiger partial charge in [0.25, 0.3) is 0 Å². The zero-order valence-electron chi connectivity index (χ0n) is 6.28. The molecule has 0 spiro atoms. The predicted octanol–water partition coefficient (Wildman–Crippen LogP) is 1.58. The van der Waals surface area contributed by atoms with Gasteiger partial charge in [0.2, 0.25) is 0 Å². The van der Waals surface area contributed by atoms with Crippen molar-refractivity contribution in [3.8, 4) is 0 Å². The van der Waals surface area contributed by atoms with Gasteiger partial charge in [0, 0.05) is 6.42 Å². The van der Waals surface area contributed by atoms with Crippen molar-refractivity contribution < 1.29 is 0 Å². The van der Waals surface area contributed by atoms with Crippen molar-refractivity contribution in [2.45, 2.75) is 26.2 Å². The number of rotatable bonds is 4. The molecule has 0 saturated heterocycles. The third-order valence-corrected chi connectivity index (χ3v) is 1.21. The first kappa shape index (κ1) is 7.96. The van der Waals surface area contributed by atoms with Crippen molar-refractivity contribution in [1.29, 1.82) is 0 Å². The fourth-order valence-electron chi connectivity index (χ4n) is 0.678. The lowest BCUT2D eigenvalue weighted by Crippen LogP contribution is -2.19. The maximum Gasteiger partial charge on any atom is 0.122 e. The summed E-state index contributed by atoms with van der Waals surface area (Å²) in [6, 6.07) is 0. The molecule has 0 heterocycles. The van der Waals surface area contributed by atoms with Crippen LogP contribution in [-0.2, 0) is 0 Å². The van der Waals surface area contributed by atoms with E-state index in [1.807, 2.05) is 0 Å². The van der Waals surface area contributed by atoms with Crippen molar-refractivity contribution in [3.63, 3.8) is 0 Å². The van der Waals surface area contributed by atoms with Gasteiger partial charge in [0.15, 0.2) is 0 Å². The van der Waals surface area contributed by atoms with Crippen LogP contribution in [0.3, 0.4) is 0 Å². The third-order valence-electron chi connectivity index (χ3n) is 1.21. The van der Waals surface area contributed by atoms with Crippen molar-refractivity contribution in [1.82, 2.24) is 4.90 Å². The van der Waals surface area contributed by atoms with E-state index in [-0.39, 0.29) is 0 Å². The summed E-state index contributed by atoms with van der Waals surface area (Å²) in [4.78, 5) is 2.23. The van der Waals surface area contributed by atoms with Crippen LogP contribution >= 0.6 is 0 Å². The van der Waals surface area contributed by atoms with Crippen LogP contribution in [0, 0.1) is 0 Å². The summed E-state index contributed by atoms with van der Waals surface area (Å²) in [6.45, 7) is 3.48. The van der Waals surface area contributed by atoms with Crippen LogP contribution in [0.15, 0.2) is 0 Å². The quantitative estimate of drug-likeness (QED) is 0.387. The topological polar surface area (TPSA) is 5.90 Å². The number of hydrogen-bond donors (Lipinski definition) is 0. The van der Waals surface area contributed by atoms with Gasteiger partial charge in [-0.25, -0.2) is 0 Å². The van der Waals surface area contributed by atoms with Crippen molar-refractivity contribution in [2.24, 2.45) is 0 Å². The summed E-state index contributed by atoms with van der Waals surface area (Å²) in [7, 11) is 4.24. The molecule has 0 N–H and O–H groups in total. The van der Waals surface area contributed by atoms with Crippen molar-refractivity contribution >= 4 is 0 Å². The fourth-order valence-corrected chi connectivity index (χ4v) is 0.678. The fraction of sp³-hybridized carbons (Fsp3) is 1.00. The highest BCUT2D eigenvalue weighted by atomic mass is 15.0. The van der Waals surface area contributed by atoms with E-state index in [4.69, 9.17) is 0 Å². The van der Waals surface area contributed by atoms with Gasteiger partial charge in [0.1, 0.15) is 20.6 Å². The second kappa shape index (κ2) is 5.10. The molecule has 0 aliphatic carbocycles. The molecule has 0 aromatic rings. The Bertz CT molecular complexity index is 41.7. The summed E-state index contributed by atoms with van der Waals surface area (Å²) in [5.41, 5.74) is 0. The van der Waals surface area contributed by atoms with Gasteiger partial charge in [-0.3, -0.25) is 0 Å². The Hall–Kier alpha value is -0.0400. The highest BCUT2D eigenvalue weighted by Gasteiger charge is 1.95. The minimum atomic E-state index is 1.24. The highest BCUT2D eigenvalue weighted by molar-refractivity contribution is 4.47. The molecule has 0 rings (SSSR count). The minimum absolute atomic E-state index is 1.24. The monoisotopic (exact) mass is 115 g/mol. The third kappa shape index (κ3) is 5.96. The zero-order valence-corrected chi connectivity index (χ0v) is 6.28. The second-order valence-electron chi connectivity index (χ2n) is 2.51. The van der Waals surface area contributed by atoms with Gasteiger partial charge >= 0.3 is 0 Å². The molecule has 1 heteroatoms. The zero-order chi connectivity index (χ0) is 6.41. The van der Waals surface area contributed by atoms with E-state index in [0.717, 1.165) is 0 Å². The molecule has 0 fully saturated rings. The molecule has 49 valence electrons. The molecule has 8 heavy (non-hydrogen) atoms. The Morgan fingerprint density at radius 3 is 2.12 bits per heavy atom. The lowest BCUT2D eigenvalue weighted by atomic mass is 10.2. The van der Waals surface area contributed by atoms with E-state index in [0.29, 0.717) is 0 Å². The average Bonchev–Trinajstić information content (AvgIpc) is 1.66. The minimum Gasteiger partial charge on any atom is -0.175 e. The lowest BCUT2D eigenvalue weighted by molar-refractivity contribution is 0.525. The molecule has 0 saturated carbocycles. The molecule has 1 radical (unpaired) electrons. The first-order chi connectivity index (χ1) is 3.77. The van der Waals surface area contributed by atoms with Gasteiger partial charge < -0.3 is 0 Å².